The first-order valence-electron chi connectivity index (χ1n) is 7.99. The quantitative estimate of drug-likeness (QED) is 0.451. The van der Waals surface area contributed by atoms with Gasteiger partial charge in [0.2, 0.25) is 5.91 Å². The van der Waals surface area contributed by atoms with Gasteiger partial charge in [-0.1, -0.05) is 6.08 Å². The number of carboxylic acids is 1. The molecule has 0 aromatic heterocycles. The normalized spacial score (nSPS) is 19.4. The Kier molecular flexibility index (Phi) is 9.50. The summed E-state index contributed by atoms with van der Waals surface area (Å²) in [5, 5.41) is 11.7. The fourth-order valence-corrected chi connectivity index (χ4v) is 2.26. The molecule has 0 saturated carbocycles. The van der Waals surface area contributed by atoms with Crippen molar-refractivity contribution in [2.45, 2.75) is 63.7 Å². The molecule has 1 heterocycles. The largest absolute Gasteiger partial charge is 0.480 e. The number of nitrogens with one attached hydrogen (secondary N) is 1. The van der Waals surface area contributed by atoms with Gasteiger partial charge in [-0.2, -0.15) is 0 Å². The van der Waals surface area contributed by atoms with Crippen molar-refractivity contribution in [2.24, 2.45) is 0 Å². The van der Waals surface area contributed by atoms with Gasteiger partial charge in [-0.15, -0.1) is 6.58 Å². The molecule has 6 heteroatoms. The Morgan fingerprint density at radius 2 is 2.23 bits per heavy atom. The first-order valence-corrected chi connectivity index (χ1v) is 7.99. The summed E-state index contributed by atoms with van der Waals surface area (Å²) in [5.74, 6) is -1.25. The van der Waals surface area contributed by atoms with Crippen molar-refractivity contribution < 1.29 is 24.2 Å². The number of carbonyl (C=O) groups excluding carboxylic acids is 1. The van der Waals surface area contributed by atoms with E-state index in [1.165, 1.54) is 0 Å². The molecule has 0 bridgehead atoms. The number of rotatable bonds is 11. The fraction of sp³-hybridized carbons (Fsp3) is 0.750. The maximum atomic E-state index is 11.5. The van der Waals surface area contributed by atoms with Crippen LogP contribution in [-0.4, -0.2) is 42.5 Å². The molecule has 1 aliphatic heterocycles. The van der Waals surface area contributed by atoms with Crippen LogP contribution in [0.5, 0.6) is 0 Å². The van der Waals surface area contributed by atoms with E-state index in [1.807, 2.05) is 0 Å². The first-order chi connectivity index (χ1) is 10.6. The van der Waals surface area contributed by atoms with Gasteiger partial charge in [-0.3, -0.25) is 4.79 Å². The molecule has 1 amide bonds. The minimum Gasteiger partial charge on any atom is -0.480 e. The third-order valence-corrected chi connectivity index (χ3v) is 3.54. The van der Waals surface area contributed by atoms with Gasteiger partial charge in [0.1, 0.15) is 6.04 Å². The minimum absolute atomic E-state index is 0.109. The highest BCUT2D eigenvalue weighted by Gasteiger charge is 2.19. The van der Waals surface area contributed by atoms with Crippen molar-refractivity contribution in [3.8, 4) is 0 Å². The maximum Gasteiger partial charge on any atom is 0.326 e. The zero-order chi connectivity index (χ0) is 16.2. The second kappa shape index (κ2) is 11.2. The highest BCUT2D eigenvalue weighted by atomic mass is 16.7. The average Bonchev–Trinajstić information content (AvgIpc) is 2.52. The number of allylic oxidation sites excluding steroid dienone is 1. The van der Waals surface area contributed by atoms with Crippen LogP contribution in [0.4, 0.5) is 0 Å². The van der Waals surface area contributed by atoms with E-state index < -0.39 is 12.0 Å². The molecule has 22 heavy (non-hydrogen) atoms. The minimum atomic E-state index is -0.997. The Balaban J connectivity index is 2.13. The monoisotopic (exact) mass is 313 g/mol. The van der Waals surface area contributed by atoms with Crippen LogP contribution in [0.15, 0.2) is 12.7 Å². The van der Waals surface area contributed by atoms with Crippen molar-refractivity contribution >= 4 is 11.9 Å². The zero-order valence-electron chi connectivity index (χ0n) is 13.1. The van der Waals surface area contributed by atoms with Gasteiger partial charge in [0, 0.05) is 19.6 Å². The van der Waals surface area contributed by atoms with Gasteiger partial charge in [0.15, 0.2) is 6.29 Å². The average molecular weight is 313 g/mol. The smallest absolute Gasteiger partial charge is 0.326 e. The zero-order valence-corrected chi connectivity index (χ0v) is 13.1. The third-order valence-electron chi connectivity index (χ3n) is 3.54. The van der Waals surface area contributed by atoms with E-state index in [9.17, 15) is 9.59 Å². The Morgan fingerprint density at radius 3 is 2.86 bits per heavy atom. The molecule has 1 saturated heterocycles. The van der Waals surface area contributed by atoms with Crippen molar-refractivity contribution in [1.29, 1.82) is 0 Å². The maximum absolute atomic E-state index is 11.5. The summed E-state index contributed by atoms with van der Waals surface area (Å²) in [5.41, 5.74) is 0. The standard InChI is InChI=1S/C16H27NO5/c1-2-3-9-14(18)17-13(16(19)20)8-4-6-11-21-15-10-5-7-12-22-15/h2,13,15H,1,3-12H2,(H,17,18)(H,19,20)/t13-,15?/m0/s1. The Morgan fingerprint density at radius 1 is 1.41 bits per heavy atom. The highest BCUT2D eigenvalue weighted by molar-refractivity contribution is 5.83. The molecule has 0 aromatic carbocycles. The van der Waals surface area contributed by atoms with E-state index in [0.29, 0.717) is 25.9 Å². The van der Waals surface area contributed by atoms with Crippen LogP contribution in [-0.2, 0) is 19.1 Å². The highest BCUT2D eigenvalue weighted by Crippen LogP contribution is 2.14. The van der Waals surface area contributed by atoms with Gasteiger partial charge in [-0.05, 0) is 44.9 Å². The van der Waals surface area contributed by atoms with Crippen LogP contribution in [0.25, 0.3) is 0 Å². The molecule has 0 aliphatic carbocycles. The van der Waals surface area contributed by atoms with Crippen molar-refractivity contribution in [1.82, 2.24) is 5.32 Å². The molecule has 0 aromatic rings. The lowest BCUT2D eigenvalue weighted by atomic mass is 10.1. The molecule has 1 unspecified atom stereocenters. The summed E-state index contributed by atoms with van der Waals surface area (Å²) < 4.78 is 11.0. The number of unbranched alkanes of at least 4 members (excludes halogenated alkanes) is 1. The second-order valence-electron chi connectivity index (χ2n) is 5.45. The molecule has 0 radical (unpaired) electrons. The van der Waals surface area contributed by atoms with Gasteiger partial charge in [0.25, 0.3) is 0 Å². The summed E-state index contributed by atoms with van der Waals surface area (Å²) in [7, 11) is 0. The summed E-state index contributed by atoms with van der Waals surface area (Å²) in [6.45, 7) is 4.84. The van der Waals surface area contributed by atoms with Gasteiger partial charge >= 0.3 is 5.97 Å². The molecular weight excluding hydrogens is 286 g/mol. The molecule has 1 rings (SSSR count). The molecule has 126 valence electrons. The molecule has 1 fully saturated rings. The Hall–Kier alpha value is -1.40. The number of amides is 1. The lowest BCUT2D eigenvalue weighted by Gasteiger charge is -2.22. The lowest BCUT2D eigenvalue weighted by molar-refractivity contribution is -0.163. The van der Waals surface area contributed by atoms with Crippen LogP contribution < -0.4 is 5.32 Å². The van der Waals surface area contributed by atoms with E-state index in [-0.39, 0.29) is 18.6 Å². The van der Waals surface area contributed by atoms with Gasteiger partial charge < -0.3 is 19.9 Å². The van der Waals surface area contributed by atoms with Crippen LogP contribution in [0, 0.1) is 0 Å². The first kappa shape index (κ1) is 18.6. The number of aliphatic carboxylic acids is 1. The Labute approximate surface area is 131 Å². The number of carbonyl (C=O) groups is 2. The van der Waals surface area contributed by atoms with E-state index in [1.54, 1.807) is 6.08 Å². The van der Waals surface area contributed by atoms with E-state index >= 15 is 0 Å². The van der Waals surface area contributed by atoms with Crippen LogP contribution in [0.3, 0.4) is 0 Å². The van der Waals surface area contributed by atoms with Crippen molar-refractivity contribution in [3.05, 3.63) is 12.7 Å². The molecule has 6 nitrogen and oxygen atoms in total. The fourth-order valence-electron chi connectivity index (χ4n) is 2.26. The lowest BCUT2D eigenvalue weighted by Crippen LogP contribution is -2.40. The van der Waals surface area contributed by atoms with Gasteiger partial charge in [-0.25, -0.2) is 4.79 Å². The topological polar surface area (TPSA) is 84.9 Å². The van der Waals surface area contributed by atoms with E-state index in [4.69, 9.17) is 14.6 Å². The summed E-state index contributed by atoms with van der Waals surface area (Å²) in [4.78, 5) is 22.7. The number of hydrogen-bond donors (Lipinski definition) is 2. The van der Waals surface area contributed by atoms with Crippen LogP contribution >= 0.6 is 0 Å². The van der Waals surface area contributed by atoms with Crippen LogP contribution in [0.2, 0.25) is 0 Å². The molecule has 0 spiro atoms. The summed E-state index contributed by atoms with van der Waals surface area (Å²) in [6.07, 6.45) is 7.35. The predicted molar refractivity (Wildman–Crippen MR) is 82.4 cm³/mol. The molecular formula is C16H27NO5. The van der Waals surface area contributed by atoms with E-state index in [0.717, 1.165) is 32.3 Å². The summed E-state index contributed by atoms with van der Waals surface area (Å²) >= 11 is 0. The third kappa shape index (κ3) is 8.14. The van der Waals surface area contributed by atoms with E-state index in [2.05, 4.69) is 11.9 Å². The van der Waals surface area contributed by atoms with Crippen molar-refractivity contribution in [3.63, 3.8) is 0 Å². The predicted octanol–water partition coefficient (Wildman–Crippen LogP) is 2.24. The Bertz CT molecular complexity index is 352. The molecule has 2 N–H and O–H groups in total. The SMILES string of the molecule is C=CCCC(=O)N[C@@H](CCCCOC1CCCCO1)C(=O)O. The number of carboxylic acid groups (broad SMARTS) is 1. The van der Waals surface area contributed by atoms with Gasteiger partial charge in [0.05, 0.1) is 0 Å². The van der Waals surface area contributed by atoms with Crippen molar-refractivity contribution in [2.75, 3.05) is 13.2 Å². The molecule has 2 atom stereocenters. The number of ether oxygens (including phenoxy) is 2. The molecule has 1 aliphatic rings. The van der Waals surface area contributed by atoms with Crippen LogP contribution in [0.1, 0.15) is 51.4 Å². The summed E-state index contributed by atoms with van der Waals surface area (Å²) in [6, 6.07) is -0.830. The second-order valence-corrected chi connectivity index (χ2v) is 5.45. The number of hydrogen-bond acceptors (Lipinski definition) is 4.